The number of carbonyl (C=O) groups excluding carboxylic acids is 1. The Labute approximate surface area is 114 Å². The molecule has 0 aliphatic heterocycles. The first-order valence-corrected chi connectivity index (χ1v) is 7.99. The van der Waals surface area contributed by atoms with Gasteiger partial charge in [0.25, 0.3) is 0 Å². The van der Waals surface area contributed by atoms with Crippen molar-refractivity contribution in [2.24, 2.45) is 0 Å². The Kier molecular flexibility index (Phi) is 7.35. The second-order valence-electron chi connectivity index (χ2n) is 3.58. The van der Waals surface area contributed by atoms with Gasteiger partial charge in [-0.25, -0.2) is 0 Å². The molecule has 1 rings (SSSR count). The summed E-state index contributed by atoms with van der Waals surface area (Å²) in [7, 11) is -3.23. The van der Waals surface area contributed by atoms with Crippen molar-refractivity contribution in [3.8, 4) is 5.75 Å². The number of hydrogen-bond donors (Lipinski definition) is 0. The molecule has 0 aliphatic rings. The van der Waals surface area contributed by atoms with E-state index in [2.05, 4.69) is 0 Å². The second kappa shape index (κ2) is 8.81. The van der Waals surface area contributed by atoms with Gasteiger partial charge in [0.1, 0.15) is 12.0 Å². The Balaban J connectivity index is 2.77. The molecule has 0 fully saturated rings. The maximum absolute atomic E-state index is 10.4. The van der Waals surface area contributed by atoms with Gasteiger partial charge in [-0.1, -0.05) is 18.2 Å². The lowest BCUT2D eigenvalue weighted by Gasteiger charge is -2.27. The van der Waals surface area contributed by atoms with E-state index in [0.717, 1.165) is 6.29 Å². The highest BCUT2D eigenvalue weighted by molar-refractivity contribution is 6.54. The lowest BCUT2D eigenvalue weighted by atomic mass is 10.3. The zero-order chi connectivity index (χ0) is 14.0. The summed E-state index contributed by atoms with van der Waals surface area (Å²) in [5, 5.41) is 0. The van der Waals surface area contributed by atoms with Crippen LogP contribution in [0.3, 0.4) is 0 Å². The van der Waals surface area contributed by atoms with Crippen molar-refractivity contribution < 1.29 is 22.5 Å². The smallest absolute Gasteiger partial charge is 0.480 e. The average Bonchev–Trinajstić information content (AvgIpc) is 2.41. The molecule has 1 aromatic rings. The van der Waals surface area contributed by atoms with Gasteiger partial charge < -0.3 is 22.5 Å². The molecule has 5 nitrogen and oxygen atoms in total. The molecule has 0 unspecified atom stereocenters. The summed E-state index contributed by atoms with van der Waals surface area (Å²) in [4.78, 5) is 10.4. The van der Waals surface area contributed by atoms with Crippen molar-refractivity contribution in [2.45, 2.75) is 20.3 Å². The van der Waals surface area contributed by atoms with E-state index >= 15 is 0 Å². The molecule has 0 aliphatic carbocycles. The highest BCUT2D eigenvalue weighted by Gasteiger charge is 2.48. The first kappa shape index (κ1) is 15.8. The van der Waals surface area contributed by atoms with Crippen molar-refractivity contribution in [3.05, 3.63) is 30.3 Å². The molecule has 0 spiro atoms. The van der Waals surface area contributed by atoms with Crippen LogP contribution >= 0.6 is 0 Å². The van der Waals surface area contributed by atoms with Crippen molar-refractivity contribution >= 4 is 15.3 Å². The van der Waals surface area contributed by atoms with Crippen molar-refractivity contribution in [2.75, 3.05) is 19.8 Å². The fourth-order valence-electron chi connectivity index (χ4n) is 1.43. The summed E-state index contributed by atoms with van der Waals surface area (Å²) in [6, 6.07) is 9.23. The van der Waals surface area contributed by atoms with Gasteiger partial charge >= 0.3 is 9.05 Å². The molecular formula is C13H20O5Si. The highest BCUT2D eigenvalue weighted by Crippen LogP contribution is 2.18. The van der Waals surface area contributed by atoms with Crippen LogP contribution in [-0.2, 0) is 18.1 Å². The molecule has 0 aromatic heterocycles. The van der Waals surface area contributed by atoms with Gasteiger partial charge in [-0.15, -0.1) is 0 Å². The quantitative estimate of drug-likeness (QED) is 0.374. The Bertz CT molecular complexity index is 351. The summed E-state index contributed by atoms with van der Waals surface area (Å²) in [6.07, 6.45) is 1.08. The molecule has 0 heterocycles. The normalized spacial score (nSPS) is 11.3. The van der Waals surface area contributed by atoms with Crippen LogP contribution in [0.5, 0.6) is 5.75 Å². The molecule has 6 heteroatoms. The first-order chi connectivity index (χ1) is 9.26. The molecule has 0 N–H and O–H groups in total. The van der Waals surface area contributed by atoms with Gasteiger partial charge in [0.2, 0.25) is 0 Å². The van der Waals surface area contributed by atoms with E-state index in [1.807, 2.05) is 44.2 Å². The standard InChI is InChI=1S/C13H20O5Si/c1-3-15-19(16-4-2,17-12-8-11-14)18-13-9-6-5-7-10-13/h5-7,9-11H,3-4,8,12H2,1-2H3. The van der Waals surface area contributed by atoms with E-state index in [1.165, 1.54) is 0 Å². The van der Waals surface area contributed by atoms with Gasteiger partial charge in [-0.2, -0.15) is 0 Å². The lowest BCUT2D eigenvalue weighted by molar-refractivity contribution is -0.108. The topological polar surface area (TPSA) is 54.0 Å². The van der Waals surface area contributed by atoms with E-state index in [1.54, 1.807) is 0 Å². The van der Waals surface area contributed by atoms with Crippen LogP contribution in [0.4, 0.5) is 0 Å². The van der Waals surface area contributed by atoms with Crippen LogP contribution in [0.25, 0.3) is 0 Å². The highest BCUT2D eigenvalue weighted by atomic mass is 28.4. The predicted octanol–water partition coefficient (Wildman–Crippen LogP) is 2.18. The zero-order valence-corrected chi connectivity index (χ0v) is 12.3. The third-order valence-corrected chi connectivity index (χ3v) is 4.47. The number of benzene rings is 1. The Morgan fingerprint density at radius 2 is 1.68 bits per heavy atom. The zero-order valence-electron chi connectivity index (χ0n) is 11.3. The first-order valence-electron chi connectivity index (χ1n) is 6.36. The molecule has 0 amide bonds. The molecule has 0 radical (unpaired) electrons. The van der Waals surface area contributed by atoms with Gasteiger partial charge in [0.15, 0.2) is 0 Å². The third-order valence-electron chi connectivity index (χ3n) is 2.14. The largest absolute Gasteiger partial charge is 0.749 e. The summed E-state index contributed by atoms with van der Waals surface area (Å²) < 4.78 is 22.5. The van der Waals surface area contributed by atoms with Crippen LogP contribution < -0.4 is 4.43 Å². The van der Waals surface area contributed by atoms with E-state index < -0.39 is 9.05 Å². The van der Waals surface area contributed by atoms with E-state index in [4.69, 9.17) is 17.7 Å². The van der Waals surface area contributed by atoms with Gasteiger partial charge in [-0.3, -0.25) is 0 Å². The fourth-order valence-corrected chi connectivity index (χ4v) is 3.36. The lowest BCUT2D eigenvalue weighted by Crippen LogP contribution is -2.52. The van der Waals surface area contributed by atoms with Crippen molar-refractivity contribution in [1.29, 1.82) is 0 Å². The minimum absolute atomic E-state index is 0.225. The van der Waals surface area contributed by atoms with E-state index in [0.29, 0.717) is 19.0 Å². The SMILES string of the molecule is CCO[Si](OCC)(OCCC=O)Oc1ccccc1. The molecule has 0 saturated carbocycles. The van der Waals surface area contributed by atoms with Crippen LogP contribution in [0, 0.1) is 0 Å². The predicted molar refractivity (Wildman–Crippen MR) is 72.7 cm³/mol. The van der Waals surface area contributed by atoms with E-state index in [-0.39, 0.29) is 13.0 Å². The Morgan fingerprint density at radius 3 is 2.21 bits per heavy atom. The minimum Gasteiger partial charge on any atom is -0.480 e. The summed E-state index contributed by atoms with van der Waals surface area (Å²) >= 11 is 0. The second-order valence-corrected chi connectivity index (χ2v) is 5.66. The van der Waals surface area contributed by atoms with Gasteiger partial charge in [-0.05, 0) is 26.0 Å². The molecule has 1 aromatic carbocycles. The summed E-state index contributed by atoms with van der Waals surface area (Å²) in [6.45, 7) is 4.75. The van der Waals surface area contributed by atoms with Crippen LogP contribution in [0.15, 0.2) is 30.3 Å². The molecular weight excluding hydrogens is 264 g/mol. The van der Waals surface area contributed by atoms with Crippen LogP contribution in [-0.4, -0.2) is 35.2 Å². The number of aldehydes is 1. The minimum atomic E-state index is -3.23. The maximum atomic E-state index is 10.4. The third kappa shape index (κ3) is 5.52. The van der Waals surface area contributed by atoms with Gasteiger partial charge in [0.05, 0.1) is 0 Å². The fraction of sp³-hybridized carbons (Fsp3) is 0.462. The molecule has 106 valence electrons. The van der Waals surface area contributed by atoms with Crippen LogP contribution in [0.2, 0.25) is 0 Å². The summed E-state index contributed by atoms with van der Waals surface area (Å²) in [5.74, 6) is 0.627. The molecule has 0 bridgehead atoms. The maximum Gasteiger partial charge on any atom is 0.749 e. The van der Waals surface area contributed by atoms with Crippen LogP contribution in [0.1, 0.15) is 20.3 Å². The summed E-state index contributed by atoms with van der Waals surface area (Å²) in [5.41, 5.74) is 0. The number of carbonyl (C=O) groups is 1. The van der Waals surface area contributed by atoms with Crippen molar-refractivity contribution in [3.63, 3.8) is 0 Å². The van der Waals surface area contributed by atoms with E-state index in [9.17, 15) is 4.79 Å². The average molecular weight is 284 g/mol. The molecule has 0 atom stereocenters. The number of rotatable bonds is 10. The molecule has 0 saturated heterocycles. The Hall–Kier alpha value is -1.21. The molecule has 19 heavy (non-hydrogen) atoms. The number of hydrogen-bond acceptors (Lipinski definition) is 5. The monoisotopic (exact) mass is 284 g/mol. The van der Waals surface area contributed by atoms with Gasteiger partial charge in [0, 0.05) is 26.2 Å². The van der Waals surface area contributed by atoms with Crippen molar-refractivity contribution in [1.82, 2.24) is 0 Å². The number of para-hydroxylation sites is 1. The Morgan fingerprint density at radius 1 is 1.05 bits per heavy atom.